The van der Waals surface area contributed by atoms with Crippen LogP contribution in [0.25, 0.3) is 0 Å². The van der Waals surface area contributed by atoms with Gasteiger partial charge in [-0.2, -0.15) is 0 Å². The molecule has 1 N–H and O–H groups in total. The minimum Gasteiger partial charge on any atom is -0.395 e. The van der Waals surface area contributed by atoms with E-state index < -0.39 is 0 Å². The molecule has 1 aromatic rings. The quantitative estimate of drug-likeness (QED) is 0.811. The number of carbonyl (C=O) groups excluding carboxylic acids is 1. The van der Waals surface area contributed by atoms with Crippen LogP contribution in [0.1, 0.15) is 34.5 Å². The third-order valence-electron chi connectivity index (χ3n) is 2.69. The van der Waals surface area contributed by atoms with Crippen molar-refractivity contribution >= 4 is 17.2 Å². The van der Waals surface area contributed by atoms with Crippen LogP contribution >= 0.6 is 11.3 Å². The first-order valence-electron chi connectivity index (χ1n) is 5.79. The highest BCUT2D eigenvalue weighted by Gasteiger charge is 2.20. The molecule has 0 atom stereocenters. The van der Waals surface area contributed by atoms with E-state index in [2.05, 4.69) is 11.8 Å². The van der Waals surface area contributed by atoms with Crippen molar-refractivity contribution in [3.63, 3.8) is 0 Å². The van der Waals surface area contributed by atoms with Gasteiger partial charge in [-0.3, -0.25) is 4.79 Å². The molecule has 4 heteroatoms. The summed E-state index contributed by atoms with van der Waals surface area (Å²) in [6.45, 7) is 1.83. The first-order chi connectivity index (χ1) is 8.31. The maximum atomic E-state index is 12.0. The second kappa shape index (κ2) is 5.85. The van der Waals surface area contributed by atoms with Crippen LogP contribution in [0.4, 0.5) is 0 Å². The Morgan fingerprint density at radius 2 is 2.24 bits per heavy atom. The Morgan fingerprint density at radius 1 is 1.47 bits per heavy atom. The molecule has 0 aromatic carbocycles. The van der Waals surface area contributed by atoms with Crippen LogP contribution in [-0.4, -0.2) is 35.6 Å². The fraction of sp³-hybridized carbons (Fsp3) is 0.462. The smallest absolute Gasteiger partial charge is 0.254 e. The molecule has 2 heterocycles. The van der Waals surface area contributed by atoms with Gasteiger partial charge in [0, 0.05) is 24.9 Å². The summed E-state index contributed by atoms with van der Waals surface area (Å²) in [6.07, 6.45) is 2.70. The summed E-state index contributed by atoms with van der Waals surface area (Å²) in [5.74, 6) is 5.93. The Morgan fingerprint density at radius 3 is 2.94 bits per heavy atom. The lowest BCUT2D eigenvalue weighted by Gasteiger charge is -2.13. The van der Waals surface area contributed by atoms with Gasteiger partial charge in [0.25, 0.3) is 5.91 Å². The number of aliphatic hydroxyl groups excluding tert-OH is 1. The molecule has 1 saturated heterocycles. The third kappa shape index (κ3) is 3.09. The molecule has 1 aliphatic rings. The highest BCUT2D eigenvalue weighted by atomic mass is 32.1. The van der Waals surface area contributed by atoms with E-state index in [4.69, 9.17) is 5.11 Å². The molecule has 3 nitrogen and oxygen atoms in total. The van der Waals surface area contributed by atoms with Gasteiger partial charge in [0.15, 0.2) is 0 Å². The van der Waals surface area contributed by atoms with Crippen molar-refractivity contribution in [1.82, 2.24) is 4.90 Å². The van der Waals surface area contributed by atoms with E-state index in [0.29, 0.717) is 6.42 Å². The molecule has 0 aliphatic carbocycles. The zero-order valence-corrected chi connectivity index (χ0v) is 10.4. The number of aliphatic hydroxyl groups is 1. The Balaban J connectivity index is 2.02. The summed E-state index contributed by atoms with van der Waals surface area (Å²) in [5, 5.41) is 10.5. The van der Waals surface area contributed by atoms with E-state index in [1.54, 1.807) is 0 Å². The topological polar surface area (TPSA) is 40.5 Å². The third-order valence-corrected chi connectivity index (χ3v) is 3.53. The van der Waals surface area contributed by atoms with Crippen molar-refractivity contribution in [2.75, 3.05) is 19.7 Å². The van der Waals surface area contributed by atoms with E-state index in [0.717, 1.165) is 36.4 Å². The molecule has 0 radical (unpaired) electrons. The second-order valence-electron chi connectivity index (χ2n) is 3.97. The monoisotopic (exact) mass is 249 g/mol. The number of thiophene rings is 1. The summed E-state index contributed by atoms with van der Waals surface area (Å²) in [5.41, 5.74) is 0.741. The lowest BCUT2D eigenvalue weighted by Crippen LogP contribution is -2.27. The van der Waals surface area contributed by atoms with Crippen molar-refractivity contribution in [2.45, 2.75) is 19.3 Å². The lowest BCUT2D eigenvalue weighted by molar-refractivity contribution is 0.0793. The molecule has 1 aliphatic heterocycles. The van der Waals surface area contributed by atoms with Crippen molar-refractivity contribution in [2.24, 2.45) is 0 Å². The first-order valence-corrected chi connectivity index (χ1v) is 6.67. The Kier molecular flexibility index (Phi) is 4.18. The largest absolute Gasteiger partial charge is 0.395 e. The zero-order valence-electron chi connectivity index (χ0n) is 9.61. The number of hydrogen-bond acceptors (Lipinski definition) is 3. The fourth-order valence-corrected chi connectivity index (χ4v) is 2.57. The van der Waals surface area contributed by atoms with E-state index in [1.807, 2.05) is 16.3 Å². The average Bonchev–Trinajstić information content (AvgIpc) is 3.00. The molecule has 90 valence electrons. The van der Waals surface area contributed by atoms with Crippen LogP contribution in [0, 0.1) is 11.8 Å². The van der Waals surface area contributed by atoms with Crippen LogP contribution < -0.4 is 0 Å². The molecule has 0 spiro atoms. The summed E-state index contributed by atoms with van der Waals surface area (Å²) in [7, 11) is 0. The number of amides is 1. The number of nitrogens with zero attached hydrogens (tertiary/aromatic N) is 1. The Labute approximate surface area is 105 Å². The molecule has 1 fully saturated rings. The molecule has 0 unspecified atom stereocenters. The van der Waals surface area contributed by atoms with Crippen LogP contribution in [-0.2, 0) is 0 Å². The van der Waals surface area contributed by atoms with Crippen molar-refractivity contribution in [3.05, 3.63) is 21.9 Å². The molecule has 0 saturated carbocycles. The van der Waals surface area contributed by atoms with Crippen LogP contribution in [0.3, 0.4) is 0 Å². The first kappa shape index (κ1) is 12.2. The Hall–Kier alpha value is -1.31. The van der Waals surface area contributed by atoms with Gasteiger partial charge < -0.3 is 10.0 Å². The maximum Gasteiger partial charge on any atom is 0.254 e. The summed E-state index contributed by atoms with van der Waals surface area (Å²) in [6, 6.07) is 1.84. The van der Waals surface area contributed by atoms with Crippen molar-refractivity contribution in [1.29, 1.82) is 0 Å². The molecule has 1 amide bonds. The lowest BCUT2D eigenvalue weighted by atomic mass is 10.2. The van der Waals surface area contributed by atoms with Crippen molar-refractivity contribution in [3.8, 4) is 11.8 Å². The van der Waals surface area contributed by atoms with Gasteiger partial charge in [-0.15, -0.1) is 11.3 Å². The summed E-state index contributed by atoms with van der Waals surface area (Å²) in [4.78, 5) is 14.8. The normalized spacial score (nSPS) is 14.5. The van der Waals surface area contributed by atoms with Gasteiger partial charge in [0.2, 0.25) is 0 Å². The molecular formula is C13H15NO2S. The number of hydrogen-bond donors (Lipinski definition) is 1. The van der Waals surface area contributed by atoms with Gasteiger partial charge in [0.1, 0.15) is 0 Å². The minimum absolute atomic E-state index is 0.0813. The molecular weight excluding hydrogens is 234 g/mol. The number of carbonyl (C=O) groups is 1. The van der Waals surface area contributed by atoms with Gasteiger partial charge in [0.05, 0.1) is 17.0 Å². The number of rotatable bonds is 2. The molecule has 17 heavy (non-hydrogen) atoms. The molecule has 1 aromatic heterocycles. The minimum atomic E-state index is 0.0813. The van der Waals surface area contributed by atoms with E-state index >= 15 is 0 Å². The van der Waals surface area contributed by atoms with Gasteiger partial charge in [-0.25, -0.2) is 0 Å². The maximum absolute atomic E-state index is 12.0. The second-order valence-corrected chi connectivity index (χ2v) is 4.89. The van der Waals surface area contributed by atoms with E-state index in [-0.39, 0.29) is 12.5 Å². The molecule has 2 rings (SSSR count). The fourth-order valence-electron chi connectivity index (χ4n) is 1.82. The van der Waals surface area contributed by atoms with E-state index in [9.17, 15) is 4.79 Å². The van der Waals surface area contributed by atoms with Gasteiger partial charge >= 0.3 is 0 Å². The highest BCUT2D eigenvalue weighted by molar-refractivity contribution is 7.10. The van der Waals surface area contributed by atoms with Gasteiger partial charge in [-0.1, -0.05) is 11.8 Å². The van der Waals surface area contributed by atoms with Crippen LogP contribution in [0.2, 0.25) is 0 Å². The van der Waals surface area contributed by atoms with Crippen molar-refractivity contribution < 1.29 is 9.90 Å². The SMILES string of the molecule is O=C(c1csc(C#CCCO)c1)N1CCCC1. The highest BCUT2D eigenvalue weighted by Crippen LogP contribution is 2.18. The standard InChI is InChI=1S/C13H15NO2S/c15-8-4-1-5-12-9-11(10-17-12)13(16)14-6-2-3-7-14/h9-10,15H,2-4,6-8H2. The summed E-state index contributed by atoms with van der Waals surface area (Å²) >= 11 is 1.48. The molecule has 0 bridgehead atoms. The Bertz CT molecular complexity index is 449. The predicted molar refractivity (Wildman–Crippen MR) is 68.0 cm³/mol. The van der Waals surface area contributed by atoms with Gasteiger partial charge in [-0.05, 0) is 18.9 Å². The average molecular weight is 249 g/mol. The van der Waals surface area contributed by atoms with Crippen LogP contribution in [0.5, 0.6) is 0 Å². The van der Waals surface area contributed by atoms with Crippen LogP contribution in [0.15, 0.2) is 11.4 Å². The van der Waals surface area contributed by atoms with E-state index in [1.165, 1.54) is 11.3 Å². The number of likely N-dealkylation sites (tertiary alicyclic amines) is 1. The predicted octanol–water partition coefficient (Wildman–Crippen LogP) is 1.72. The zero-order chi connectivity index (χ0) is 12.1. The summed E-state index contributed by atoms with van der Waals surface area (Å²) < 4.78 is 0.